The Morgan fingerprint density at radius 1 is 1.10 bits per heavy atom. The van der Waals surface area contributed by atoms with Gasteiger partial charge in [-0.05, 0) is 73.4 Å². The lowest BCUT2D eigenvalue weighted by Gasteiger charge is -2.10. The molecule has 0 saturated heterocycles. The molecule has 6 heteroatoms. The molecule has 0 aliphatic rings. The van der Waals surface area contributed by atoms with Gasteiger partial charge in [-0.1, -0.05) is 35.3 Å². The number of aromatic nitrogens is 2. The number of hydrogen-bond donors (Lipinski definition) is 2. The summed E-state index contributed by atoms with van der Waals surface area (Å²) >= 11 is 12.4. The molecule has 4 rings (SSSR count). The molecule has 30 heavy (non-hydrogen) atoms. The Kier molecular flexibility index (Phi) is 6.07. The molecule has 0 bridgehead atoms. The van der Waals surface area contributed by atoms with E-state index in [0.29, 0.717) is 22.9 Å². The van der Waals surface area contributed by atoms with Gasteiger partial charge in [-0.15, -0.1) is 0 Å². The first-order valence-corrected chi connectivity index (χ1v) is 10.5. The zero-order valence-corrected chi connectivity index (χ0v) is 18.0. The van der Waals surface area contributed by atoms with E-state index in [0.717, 1.165) is 45.5 Å². The number of carbonyl (C=O) groups excluding carboxylic acids is 1. The van der Waals surface area contributed by atoms with Crippen molar-refractivity contribution in [3.63, 3.8) is 0 Å². The van der Waals surface area contributed by atoms with Gasteiger partial charge in [0.05, 0.1) is 11.4 Å². The van der Waals surface area contributed by atoms with Crippen molar-refractivity contribution in [2.45, 2.75) is 26.2 Å². The van der Waals surface area contributed by atoms with Gasteiger partial charge in [0.1, 0.15) is 0 Å². The first-order valence-electron chi connectivity index (χ1n) is 9.79. The second-order valence-corrected chi connectivity index (χ2v) is 8.04. The molecule has 2 N–H and O–H groups in total. The normalized spacial score (nSPS) is 11.0. The molecule has 0 spiro atoms. The molecule has 0 radical (unpaired) electrons. The molecular weight excluding hydrogens is 417 g/mol. The van der Waals surface area contributed by atoms with Crippen LogP contribution in [-0.4, -0.2) is 15.9 Å². The highest BCUT2D eigenvalue weighted by Gasteiger charge is 2.15. The monoisotopic (exact) mass is 437 g/mol. The van der Waals surface area contributed by atoms with Crippen molar-refractivity contribution < 1.29 is 4.79 Å². The number of halogens is 2. The summed E-state index contributed by atoms with van der Waals surface area (Å²) in [7, 11) is 0. The summed E-state index contributed by atoms with van der Waals surface area (Å²) in [6.45, 7) is 1.90. The third-order valence-corrected chi connectivity index (χ3v) is 5.81. The average Bonchev–Trinajstić information content (AvgIpc) is 3.10. The highest BCUT2D eigenvalue weighted by molar-refractivity contribution is 6.32. The molecule has 0 aliphatic heterocycles. The van der Waals surface area contributed by atoms with Crippen molar-refractivity contribution >= 4 is 45.7 Å². The molecule has 0 atom stereocenters. The summed E-state index contributed by atoms with van der Waals surface area (Å²) in [4.78, 5) is 20.4. The average molecular weight is 438 g/mol. The van der Waals surface area contributed by atoms with E-state index in [4.69, 9.17) is 23.2 Å². The van der Waals surface area contributed by atoms with E-state index in [9.17, 15) is 4.79 Å². The topological polar surface area (TPSA) is 57.8 Å². The standard InChI is InChI=1S/C24H21Cl2N3O/c1-15-19(26)7-5-9-20(15)28-23(30)10-4-6-17-18-14-16(25)11-12-21(18)29-24(17)22-8-2-3-13-27-22/h2-3,5,7-9,11-14,29H,4,6,10H2,1H3,(H,28,30). The number of aryl methyl sites for hydroxylation is 1. The van der Waals surface area contributed by atoms with Gasteiger partial charge in [-0.3, -0.25) is 9.78 Å². The Morgan fingerprint density at radius 3 is 2.77 bits per heavy atom. The SMILES string of the molecule is Cc1c(Cl)cccc1NC(=O)CCCc1c(-c2ccccn2)[nH]c2ccc(Cl)cc12. The van der Waals surface area contributed by atoms with Crippen LogP contribution in [0.15, 0.2) is 60.8 Å². The molecule has 4 aromatic rings. The van der Waals surface area contributed by atoms with Gasteiger partial charge >= 0.3 is 0 Å². The van der Waals surface area contributed by atoms with E-state index in [-0.39, 0.29) is 5.91 Å². The number of rotatable bonds is 6. The van der Waals surface area contributed by atoms with Crippen LogP contribution in [0.5, 0.6) is 0 Å². The predicted molar refractivity (Wildman–Crippen MR) is 124 cm³/mol. The third kappa shape index (κ3) is 4.35. The van der Waals surface area contributed by atoms with Gasteiger partial charge in [0.25, 0.3) is 0 Å². The number of nitrogens with zero attached hydrogens (tertiary/aromatic N) is 1. The maximum Gasteiger partial charge on any atom is 0.224 e. The molecule has 2 aromatic heterocycles. The van der Waals surface area contributed by atoms with Crippen LogP contribution in [-0.2, 0) is 11.2 Å². The van der Waals surface area contributed by atoms with E-state index >= 15 is 0 Å². The zero-order chi connectivity index (χ0) is 21.1. The summed E-state index contributed by atoms with van der Waals surface area (Å²) in [5, 5.41) is 5.35. The van der Waals surface area contributed by atoms with Crippen molar-refractivity contribution in [1.29, 1.82) is 0 Å². The van der Waals surface area contributed by atoms with Gasteiger partial charge in [-0.2, -0.15) is 0 Å². The lowest BCUT2D eigenvalue weighted by molar-refractivity contribution is -0.116. The van der Waals surface area contributed by atoms with Crippen LogP contribution in [0.3, 0.4) is 0 Å². The number of fused-ring (bicyclic) bond motifs is 1. The molecule has 2 aromatic carbocycles. The smallest absolute Gasteiger partial charge is 0.224 e. The van der Waals surface area contributed by atoms with E-state index in [1.165, 1.54) is 0 Å². The Labute approximate surface area is 185 Å². The fourth-order valence-corrected chi connectivity index (χ4v) is 3.94. The lowest BCUT2D eigenvalue weighted by atomic mass is 10.0. The fourth-order valence-electron chi connectivity index (χ4n) is 3.59. The van der Waals surface area contributed by atoms with Crippen molar-refractivity contribution in [2.75, 3.05) is 5.32 Å². The molecule has 2 heterocycles. The maximum absolute atomic E-state index is 12.5. The first kappa shape index (κ1) is 20.5. The van der Waals surface area contributed by atoms with E-state index in [1.807, 2.05) is 61.5 Å². The molecule has 4 nitrogen and oxygen atoms in total. The summed E-state index contributed by atoms with van der Waals surface area (Å²) < 4.78 is 0. The molecule has 0 saturated carbocycles. The van der Waals surface area contributed by atoms with Crippen LogP contribution in [0.25, 0.3) is 22.3 Å². The highest BCUT2D eigenvalue weighted by atomic mass is 35.5. The Hall–Kier alpha value is -2.82. The second kappa shape index (κ2) is 8.90. The van der Waals surface area contributed by atoms with Crippen LogP contribution in [0.4, 0.5) is 5.69 Å². The van der Waals surface area contributed by atoms with Crippen LogP contribution in [0.1, 0.15) is 24.0 Å². The molecular formula is C24H21Cl2N3O. The summed E-state index contributed by atoms with van der Waals surface area (Å²) in [6.07, 6.45) is 3.61. The van der Waals surface area contributed by atoms with Gasteiger partial charge < -0.3 is 10.3 Å². The van der Waals surface area contributed by atoms with Crippen LogP contribution >= 0.6 is 23.2 Å². The van der Waals surface area contributed by atoms with Gasteiger partial charge in [0.2, 0.25) is 5.91 Å². The van der Waals surface area contributed by atoms with E-state index in [1.54, 1.807) is 6.20 Å². The van der Waals surface area contributed by atoms with Crippen molar-refractivity contribution in [1.82, 2.24) is 9.97 Å². The minimum Gasteiger partial charge on any atom is -0.353 e. The number of aromatic amines is 1. The molecule has 0 aliphatic carbocycles. The Balaban J connectivity index is 1.53. The molecule has 152 valence electrons. The van der Waals surface area contributed by atoms with Gasteiger partial charge in [-0.25, -0.2) is 0 Å². The number of benzene rings is 2. The predicted octanol–water partition coefficient (Wildman–Crippen LogP) is 6.81. The van der Waals surface area contributed by atoms with E-state index < -0.39 is 0 Å². The van der Waals surface area contributed by atoms with E-state index in [2.05, 4.69) is 15.3 Å². The maximum atomic E-state index is 12.5. The number of nitrogens with one attached hydrogen (secondary N) is 2. The van der Waals surface area contributed by atoms with Gasteiger partial charge in [0, 0.05) is 39.3 Å². The highest BCUT2D eigenvalue weighted by Crippen LogP contribution is 2.32. The second-order valence-electron chi connectivity index (χ2n) is 7.20. The summed E-state index contributed by atoms with van der Waals surface area (Å²) in [5.74, 6) is -0.0300. The summed E-state index contributed by atoms with van der Waals surface area (Å²) in [6, 6.07) is 17.1. The number of anilines is 1. The zero-order valence-electron chi connectivity index (χ0n) is 16.5. The largest absolute Gasteiger partial charge is 0.353 e. The Bertz CT molecular complexity index is 1200. The fraction of sp³-hybridized carbons (Fsp3) is 0.167. The first-order chi connectivity index (χ1) is 14.5. The van der Waals surface area contributed by atoms with Gasteiger partial charge in [0.15, 0.2) is 0 Å². The lowest BCUT2D eigenvalue weighted by Crippen LogP contribution is -2.12. The number of carbonyl (C=O) groups is 1. The number of H-pyrrole nitrogens is 1. The number of amides is 1. The van der Waals surface area contributed by atoms with Crippen LogP contribution in [0, 0.1) is 6.92 Å². The van der Waals surface area contributed by atoms with Crippen LogP contribution < -0.4 is 5.32 Å². The molecule has 0 unspecified atom stereocenters. The minimum absolute atomic E-state index is 0.0300. The molecule has 1 amide bonds. The number of hydrogen-bond acceptors (Lipinski definition) is 2. The summed E-state index contributed by atoms with van der Waals surface area (Å²) in [5.41, 5.74) is 5.60. The van der Waals surface area contributed by atoms with Crippen molar-refractivity contribution in [3.8, 4) is 11.4 Å². The van der Waals surface area contributed by atoms with Crippen LogP contribution in [0.2, 0.25) is 10.0 Å². The van der Waals surface area contributed by atoms with Crippen molar-refractivity contribution in [3.05, 3.63) is 82.0 Å². The number of pyridine rings is 1. The Morgan fingerprint density at radius 2 is 1.97 bits per heavy atom. The minimum atomic E-state index is -0.0300. The molecule has 0 fully saturated rings. The van der Waals surface area contributed by atoms with Crippen molar-refractivity contribution in [2.24, 2.45) is 0 Å². The third-order valence-electron chi connectivity index (χ3n) is 5.16. The quantitative estimate of drug-likeness (QED) is 0.348.